The fraction of sp³-hybridized carbons (Fsp3) is 0.455. The summed E-state index contributed by atoms with van der Waals surface area (Å²) in [6, 6.07) is 11.6. The van der Waals surface area contributed by atoms with Crippen molar-refractivity contribution in [2.45, 2.75) is 52.4 Å². The Labute approximate surface area is 171 Å². The summed E-state index contributed by atoms with van der Waals surface area (Å²) in [5.41, 5.74) is 2.92. The largest absolute Gasteiger partial charge is 0.496 e. The van der Waals surface area contributed by atoms with Crippen molar-refractivity contribution in [3.05, 3.63) is 58.1 Å². The Morgan fingerprint density at radius 1 is 1.14 bits per heavy atom. The summed E-state index contributed by atoms with van der Waals surface area (Å²) in [4.78, 5) is 1.94. The van der Waals surface area contributed by atoms with Crippen LogP contribution in [0.4, 0.5) is 0 Å². The van der Waals surface area contributed by atoms with E-state index in [0.717, 1.165) is 30.0 Å². The van der Waals surface area contributed by atoms with Crippen molar-refractivity contribution < 1.29 is 19.3 Å². The maximum atomic E-state index is 10.3. The zero-order chi connectivity index (χ0) is 20.3. The standard InChI is InChI=1S/C22H28ClNO4/c1-22(2,3)28-21(25)24-10-9-15-12-19(7-5-16(15)13-24)27-14-17-11-18(23)6-8-20(17)26-4/h5-8,11-12,21,25H,9-10,13-14H2,1-4H3/t21-/m0/s1. The zero-order valence-corrected chi connectivity index (χ0v) is 17.6. The average molecular weight is 406 g/mol. The van der Waals surface area contributed by atoms with Gasteiger partial charge in [0, 0.05) is 23.7 Å². The van der Waals surface area contributed by atoms with E-state index in [1.54, 1.807) is 13.2 Å². The fourth-order valence-corrected chi connectivity index (χ4v) is 3.44. The van der Waals surface area contributed by atoms with E-state index in [2.05, 4.69) is 12.1 Å². The number of benzene rings is 2. The zero-order valence-electron chi connectivity index (χ0n) is 16.9. The molecule has 0 spiro atoms. The minimum absolute atomic E-state index is 0.382. The van der Waals surface area contributed by atoms with Crippen molar-refractivity contribution in [1.29, 1.82) is 0 Å². The van der Waals surface area contributed by atoms with Crippen molar-refractivity contribution in [3.63, 3.8) is 0 Å². The first-order valence-electron chi connectivity index (χ1n) is 9.42. The third-order valence-corrected chi connectivity index (χ3v) is 4.86. The van der Waals surface area contributed by atoms with Gasteiger partial charge in [0.2, 0.25) is 6.41 Å². The summed E-state index contributed by atoms with van der Waals surface area (Å²) in [5, 5.41) is 11.0. The maximum absolute atomic E-state index is 10.3. The van der Waals surface area contributed by atoms with Crippen molar-refractivity contribution in [3.8, 4) is 11.5 Å². The minimum atomic E-state index is -0.903. The lowest BCUT2D eigenvalue weighted by atomic mass is 9.99. The van der Waals surface area contributed by atoms with Gasteiger partial charge in [-0.1, -0.05) is 17.7 Å². The molecule has 3 rings (SSSR count). The van der Waals surface area contributed by atoms with E-state index >= 15 is 0 Å². The molecule has 1 aliphatic heterocycles. The fourth-order valence-electron chi connectivity index (χ4n) is 3.24. The molecule has 0 aliphatic carbocycles. The van der Waals surface area contributed by atoms with Crippen LogP contribution in [-0.4, -0.2) is 35.7 Å². The number of methoxy groups -OCH3 is 1. The Morgan fingerprint density at radius 2 is 1.93 bits per heavy atom. The molecule has 1 N–H and O–H groups in total. The quantitative estimate of drug-likeness (QED) is 0.723. The first kappa shape index (κ1) is 20.9. The smallest absolute Gasteiger partial charge is 0.216 e. The van der Waals surface area contributed by atoms with Gasteiger partial charge in [0.1, 0.15) is 18.1 Å². The number of hydrogen-bond donors (Lipinski definition) is 1. The topological polar surface area (TPSA) is 51.2 Å². The summed E-state index contributed by atoms with van der Waals surface area (Å²) < 4.78 is 17.0. The molecule has 0 fully saturated rings. The van der Waals surface area contributed by atoms with Crippen molar-refractivity contribution in [2.75, 3.05) is 13.7 Å². The monoisotopic (exact) mass is 405 g/mol. The Kier molecular flexibility index (Phi) is 6.50. The maximum Gasteiger partial charge on any atom is 0.216 e. The van der Waals surface area contributed by atoms with E-state index < -0.39 is 12.0 Å². The summed E-state index contributed by atoms with van der Waals surface area (Å²) >= 11 is 6.08. The second-order valence-corrected chi connectivity index (χ2v) is 8.39. The van der Waals surface area contributed by atoms with Gasteiger partial charge < -0.3 is 19.3 Å². The van der Waals surface area contributed by atoms with Gasteiger partial charge in [-0.2, -0.15) is 0 Å². The molecule has 0 radical (unpaired) electrons. The molecule has 1 atom stereocenters. The first-order chi connectivity index (χ1) is 13.2. The number of fused-ring (bicyclic) bond motifs is 1. The number of halogens is 1. The Hall–Kier alpha value is -1.79. The second kappa shape index (κ2) is 8.70. The number of ether oxygens (including phenoxy) is 3. The molecule has 0 saturated heterocycles. The van der Waals surface area contributed by atoms with E-state index in [9.17, 15) is 5.11 Å². The van der Waals surface area contributed by atoms with Gasteiger partial charge in [-0.25, -0.2) is 0 Å². The minimum Gasteiger partial charge on any atom is -0.496 e. The third-order valence-electron chi connectivity index (χ3n) is 4.63. The Bertz CT molecular complexity index is 819. The van der Waals surface area contributed by atoms with E-state index in [4.69, 9.17) is 25.8 Å². The molecule has 0 aromatic heterocycles. The van der Waals surface area contributed by atoms with Crippen LogP contribution >= 0.6 is 11.6 Å². The molecule has 2 aromatic carbocycles. The van der Waals surface area contributed by atoms with Crippen LogP contribution in [-0.2, 0) is 24.3 Å². The van der Waals surface area contributed by atoms with E-state index in [-0.39, 0.29) is 0 Å². The van der Waals surface area contributed by atoms with Gasteiger partial charge in [-0.15, -0.1) is 0 Å². The first-order valence-corrected chi connectivity index (χ1v) is 9.80. The molecule has 152 valence electrons. The normalized spacial score (nSPS) is 15.8. The molecule has 1 aliphatic rings. The van der Waals surface area contributed by atoms with Crippen LogP contribution in [0, 0.1) is 0 Å². The third kappa shape index (κ3) is 5.39. The van der Waals surface area contributed by atoms with Crippen LogP contribution in [0.5, 0.6) is 11.5 Å². The molecule has 28 heavy (non-hydrogen) atoms. The van der Waals surface area contributed by atoms with Crippen molar-refractivity contribution in [2.24, 2.45) is 0 Å². The molecule has 5 nitrogen and oxygen atoms in total. The van der Waals surface area contributed by atoms with E-state index in [0.29, 0.717) is 18.2 Å². The molecule has 2 aromatic rings. The number of rotatable bonds is 6. The molecule has 0 unspecified atom stereocenters. The molecular weight excluding hydrogens is 378 g/mol. The van der Waals surface area contributed by atoms with Crippen LogP contribution in [0.1, 0.15) is 37.5 Å². The number of aliphatic hydroxyl groups is 1. The molecule has 1 heterocycles. The van der Waals surface area contributed by atoms with Gasteiger partial charge >= 0.3 is 0 Å². The highest BCUT2D eigenvalue weighted by atomic mass is 35.5. The van der Waals surface area contributed by atoms with Crippen LogP contribution < -0.4 is 9.47 Å². The number of aliphatic hydroxyl groups excluding tert-OH is 1. The SMILES string of the molecule is COc1ccc(Cl)cc1COc1ccc2c(c1)CCN([C@@H](O)OC(C)(C)C)C2. The van der Waals surface area contributed by atoms with Gasteiger partial charge in [0.05, 0.1) is 12.7 Å². The summed E-state index contributed by atoms with van der Waals surface area (Å²) in [6.07, 6.45) is -0.0724. The van der Waals surface area contributed by atoms with E-state index in [1.165, 1.54) is 11.1 Å². The molecule has 0 amide bonds. The highest BCUT2D eigenvalue weighted by molar-refractivity contribution is 6.30. The lowest BCUT2D eigenvalue weighted by Crippen LogP contribution is -2.44. The van der Waals surface area contributed by atoms with Crippen LogP contribution in [0.25, 0.3) is 0 Å². The predicted octanol–water partition coefficient (Wildman–Crippen LogP) is 4.38. The summed E-state index contributed by atoms with van der Waals surface area (Å²) in [5.74, 6) is 1.56. The van der Waals surface area contributed by atoms with Crippen molar-refractivity contribution in [1.82, 2.24) is 4.90 Å². The lowest BCUT2D eigenvalue weighted by molar-refractivity contribution is -0.242. The molecule has 0 bridgehead atoms. The lowest BCUT2D eigenvalue weighted by Gasteiger charge is -2.35. The summed E-state index contributed by atoms with van der Waals surface area (Å²) in [7, 11) is 1.63. The van der Waals surface area contributed by atoms with E-state index in [1.807, 2.05) is 43.9 Å². The average Bonchev–Trinajstić information content (AvgIpc) is 2.64. The highest BCUT2D eigenvalue weighted by Gasteiger charge is 2.26. The number of nitrogens with zero attached hydrogens (tertiary/aromatic N) is 1. The van der Waals surface area contributed by atoms with Gasteiger partial charge in [0.15, 0.2) is 0 Å². The Balaban J connectivity index is 1.65. The predicted molar refractivity (Wildman–Crippen MR) is 110 cm³/mol. The number of hydrogen-bond acceptors (Lipinski definition) is 5. The van der Waals surface area contributed by atoms with Crippen LogP contribution in [0.15, 0.2) is 36.4 Å². The van der Waals surface area contributed by atoms with Gasteiger partial charge in [0.25, 0.3) is 0 Å². The van der Waals surface area contributed by atoms with Crippen molar-refractivity contribution >= 4 is 11.6 Å². The summed E-state index contributed by atoms with van der Waals surface area (Å²) in [6.45, 7) is 7.57. The highest BCUT2D eigenvalue weighted by Crippen LogP contribution is 2.28. The molecule has 0 saturated carbocycles. The molecular formula is C22H28ClNO4. The van der Waals surface area contributed by atoms with Gasteiger partial charge in [-0.3, -0.25) is 4.90 Å². The van der Waals surface area contributed by atoms with Crippen LogP contribution in [0.2, 0.25) is 5.02 Å². The second-order valence-electron chi connectivity index (χ2n) is 7.95. The van der Waals surface area contributed by atoms with Crippen LogP contribution in [0.3, 0.4) is 0 Å². The molecule has 6 heteroatoms. The van der Waals surface area contributed by atoms with Gasteiger partial charge in [-0.05, 0) is 68.7 Å². The Morgan fingerprint density at radius 3 is 2.64 bits per heavy atom.